The van der Waals surface area contributed by atoms with E-state index in [0.717, 1.165) is 30.6 Å². The summed E-state index contributed by atoms with van der Waals surface area (Å²) in [6.45, 7) is 6.92. The molecule has 5 fully saturated rings. The maximum absolute atomic E-state index is 10.3. The molecule has 0 radical (unpaired) electrons. The fraction of sp³-hybridized carbons (Fsp3) is 1.00. The lowest BCUT2D eigenvalue weighted by molar-refractivity contribution is -0.283. The summed E-state index contributed by atoms with van der Waals surface area (Å²) in [6.07, 6.45) is 9.54. The molecule has 5 nitrogen and oxygen atoms in total. The second kappa shape index (κ2) is 7.69. The fourth-order valence-corrected chi connectivity index (χ4v) is 8.64. The molecule has 0 spiro atoms. The van der Waals surface area contributed by atoms with Crippen molar-refractivity contribution in [2.75, 3.05) is 0 Å². The van der Waals surface area contributed by atoms with Crippen LogP contribution in [0.2, 0.25) is 0 Å². The Morgan fingerprint density at radius 1 is 0.867 bits per heavy atom. The van der Waals surface area contributed by atoms with Crippen LogP contribution in [0.3, 0.4) is 0 Å². The van der Waals surface area contributed by atoms with Gasteiger partial charge in [-0.1, -0.05) is 13.8 Å². The molecule has 1 aliphatic heterocycles. The summed E-state index contributed by atoms with van der Waals surface area (Å²) in [6, 6.07) is 0.404. The van der Waals surface area contributed by atoms with Crippen molar-refractivity contribution in [3.8, 4) is 0 Å². The number of ether oxygens (including phenoxy) is 2. The van der Waals surface area contributed by atoms with Crippen molar-refractivity contribution in [3.05, 3.63) is 0 Å². The van der Waals surface area contributed by atoms with Crippen molar-refractivity contribution in [2.24, 2.45) is 40.2 Å². The molecule has 5 aliphatic rings. The van der Waals surface area contributed by atoms with Gasteiger partial charge in [-0.25, -0.2) is 0 Å². The number of hydrogen-bond acceptors (Lipinski definition) is 5. The number of aliphatic hydroxyl groups excluding tert-OH is 2. The van der Waals surface area contributed by atoms with Gasteiger partial charge in [0.1, 0.15) is 6.10 Å². The number of nitrogens with two attached hydrogens (primary N) is 1. The predicted molar refractivity (Wildman–Crippen MR) is 116 cm³/mol. The van der Waals surface area contributed by atoms with Gasteiger partial charge >= 0.3 is 0 Å². The second-order valence-electron chi connectivity index (χ2n) is 12.0. The standard InChI is InChI=1S/C25H43NO4/c1-14-20(27)13-21(28)23(29-14)30-16-8-10-24(2)15(12-16)4-5-17-18-6-7-22(26)25(18,3)11-9-19(17)24/h14-23,27-28H,4-13,26H2,1-3H3/t14-,15?,16?,17+,18+,19-,20+,21+,22?,23+,24+,25+/m1/s1. The average molecular weight is 422 g/mol. The molecule has 1 heterocycles. The summed E-state index contributed by atoms with van der Waals surface area (Å²) in [4.78, 5) is 0. The highest BCUT2D eigenvalue weighted by Crippen LogP contribution is 2.66. The van der Waals surface area contributed by atoms with Crippen LogP contribution >= 0.6 is 0 Å². The number of rotatable bonds is 2. The van der Waals surface area contributed by atoms with Gasteiger partial charge in [0.2, 0.25) is 0 Å². The molecule has 0 aromatic heterocycles. The summed E-state index contributed by atoms with van der Waals surface area (Å²) in [7, 11) is 0. The Balaban J connectivity index is 1.25. The molecular formula is C25H43NO4. The molecule has 5 rings (SSSR count). The van der Waals surface area contributed by atoms with E-state index in [-0.39, 0.29) is 12.2 Å². The van der Waals surface area contributed by atoms with E-state index in [9.17, 15) is 10.2 Å². The summed E-state index contributed by atoms with van der Waals surface area (Å²) < 4.78 is 12.1. The molecule has 172 valence electrons. The van der Waals surface area contributed by atoms with Gasteiger partial charge in [0.05, 0.1) is 18.3 Å². The Hall–Kier alpha value is -0.200. The minimum absolute atomic E-state index is 0.162. The van der Waals surface area contributed by atoms with Gasteiger partial charge in [0.25, 0.3) is 0 Å². The molecule has 0 aromatic carbocycles. The Labute approximate surface area is 182 Å². The van der Waals surface area contributed by atoms with Crippen LogP contribution in [0, 0.1) is 34.5 Å². The fourth-order valence-electron chi connectivity index (χ4n) is 8.64. The molecule has 4 N–H and O–H groups in total. The highest BCUT2D eigenvalue weighted by molar-refractivity contribution is 5.10. The average Bonchev–Trinajstić information content (AvgIpc) is 3.01. The topological polar surface area (TPSA) is 84.9 Å². The first-order valence-corrected chi connectivity index (χ1v) is 12.6. The van der Waals surface area contributed by atoms with Gasteiger partial charge in [0.15, 0.2) is 6.29 Å². The van der Waals surface area contributed by atoms with Crippen LogP contribution in [0.15, 0.2) is 0 Å². The van der Waals surface area contributed by atoms with E-state index in [4.69, 9.17) is 15.2 Å². The van der Waals surface area contributed by atoms with Crippen LogP contribution in [-0.2, 0) is 9.47 Å². The molecule has 4 saturated carbocycles. The zero-order chi connectivity index (χ0) is 21.3. The van der Waals surface area contributed by atoms with Crippen LogP contribution in [0.25, 0.3) is 0 Å². The first-order chi connectivity index (χ1) is 14.2. The van der Waals surface area contributed by atoms with Crippen LogP contribution in [0.5, 0.6) is 0 Å². The SMILES string of the molecule is C[C@H]1O[C@@H](OC2CC[C@@]3(C)C(CC[C@@H]4[C@H]3CC[C@]3(C)C(N)CC[C@@H]43)C2)[C@@H](O)C[C@@H]1O. The Morgan fingerprint density at radius 2 is 1.60 bits per heavy atom. The highest BCUT2D eigenvalue weighted by atomic mass is 16.7. The van der Waals surface area contributed by atoms with Crippen LogP contribution < -0.4 is 5.73 Å². The number of aliphatic hydroxyl groups is 2. The van der Waals surface area contributed by atoms with E-state index >= 15 is 0 Å². The van der Waals surface area contributed by atoms with E-state index in [1.54, 1.807) is 0 Å². The minimum Gasteiger partial charge on any atom is -0.390 e. The minimum atomic E-state index is -0.733. The largest absolute Gasteiger partial charge is 0.390 e. The molecule has 4 aliphatic carbocycles. The molecule has 12 atom stereocenters. The van der Waals surface area contributed by atoms with Gasteiger partial charge in [-0.2, -0.15) is 0 Å². The van der Waals surface area contributed by atoms with Crippen LogP contribution in [0.1, 0.15) is 85.0 Å². The second-order valence-corrected chi connectivity index (χ2v) is 12.0. The molecule has 0 amide bonds. The third-order valence-corrected chi connectivity index (χ3v) is 10.7. The van der Waals surface area contributed by atoms with Gasteiger partial charge in [-0.15, -0.1) is 0 Å². The smallest absolute Gasteiger partial charge is 0.184 e. The van der Waals surface area contributed by atoms with Crippen molar-refractivity contribution >= 4 is 0 Å². The molecule has 30 heavy (non-hydrogen) atoms. The van der Waals surface area contributed by atoms with Crippen LogP contribution in [-0.4, -0.2) is 47.0 Å². The molecule has 0 bridgehead atoms. The normalized spacial score (nSPS) is 58.6. The first-order valence-electron chi connectivity index (χ1n) is 12.6. The van der Waals surface area contributed by atoms with Crippen molar-refractivity contribution < 1.29 is 19.7 Å². The summed E-state index contributed by atoms with van der Waals surface area (Å²) >= 11 is 0. The predicted octanol–water partition coefficient (Wildman–Crippen LogP) is 3.60. The summed E-state index contributed by atoms with van der Waals surface area (Å²) in [5, 5.41) is 20.3. The molecule has 3 unspecified atom stereocenters. The maximum Gasteiger partial charge on any atom is 0.184 e. The third-order valence-electron chi connectivity index (χ3n) is 10.7. The Kier molecular flexibility index (Phi) is 5.55. The van der Waals surface area contributed by atoms with Crippen molar-refractivity contribution in [1.29, 1.82) is 0 Å². The zero-order valence-electron chi connectivity index (χ0n) is 19.1. The number of fused-ring (bicyclic) bond motifs is 5. The van der Waals surface area contributed by atoms with E-state index in [1.807, 2.05) is 6.92 Å². The lowest BCUT2D eigenvalue weighted by Gasteiger charge is -2.61. The first kappa shape index (κ1) is 21.6. The molecule has 0 aromatic rings. The lowest BCUT2D eigenvalue weighted by atomic mass is 9.45. The zero-order valence-corrected chi connectivity index (χ0v) is 19.1. The Morgan fingerprint density at radius 3 is 2.40 bits per heavy atom. The van der Waals surface area contributed by atoms with Gasteiger partial charge in [0, 0.05) is 12.5 Å². The lowest BCUT2D eigenvalue weighted by Crippen LogP contribution is -2.56. The third kappa shape index (κ3) is 3.30. The maximum atomic E-state index is 10.3. The Bertz CT molecular complexity index is 645. The highest BCUT2D eigenvalue weighted by Gasteiger charge is 2.59. The van der Waals surface area contributed by atoms with E-state index in [0.29, 0.717) is 29.2 Å². The number of hydrogen-bond donors (Lipinski definition) is 3. The molecule has 1 saturated heterocycles. The van der Waals surface area contributed by atoms with Gasteiger partial charge in [-0.05, 0) is 99.2 Å². The summed E-state index contributed by atoms with van der Waals surface area (Å²) in [5.74, 6) is 3.24. The summed E-state index contributed by atoms with van der Waals surface area (Å²) in [5.41, 5.74) is 7.38. The van der Waals surface area contributed by atoms with Crippen molar-refractivity contribution in [3.63, 3.8) is 0 Å². The molecular weight excluding hydrogens is 378 g/mol. The van der Waals surface area contributed by atoms with Gasteiger partial charge in [-0.3, -0.25) is 0 Å². The van der Waals surface area contributed by atoms with Crippen molar-refractivity contribution in [1.82, 2.24) is 0 Å². The quantitative estimate of drug-likeness (QED) is 0.593. The van der Waals surface area contributed by atoms with E-state index < -0.39 is 18.5 Å². The monoisotopic (exact) mass is 421 g/mol. The van der Waals surface area contributed by atoms with Crippen LogP contribution in [0.4, 0.5) is 0 Å². The van der Waals surface area contributed by atoms with Gasteiger partial charge < -0.3 is 25.4 Å². The van der Waals surface area contributed by atoms with Crippen molar-refractivity contribution in [2.45, 2.75) is 122 Å². The molecule has 5 heteroatoms. The van der Waals surface area contributed by atoms with E-state index in [1.165, 1.54) is 44.9 Å². The van der Waals surface area contributed by atoms with E-state index in [2.05, 4.69) is 13.8 Å².